The van der Waals surface area contributed by atoms with Gasteiger partial charge in [-0.1, -0.05) is 32.9 Å². The van der Waals surface area contributed by atoms with Crippen LogP contribution in [0, 0.1) is 11.3 Å². The van der Waals surface area contributed by atoms with Gasteiger partial charge in [0.1, 0.15) is 12.1 Å². The van der Waals surface area contributed by atoms with E-state index in [1.54, 1.807) is 0 Å². The number of fused-ring (bicyclic) bond motifs is 1. The number of benzene rings is 1. The van der Waals surface area contributed by atoms with Gasteiger partial charge in [-0.25, -0.2) is 9.78 Å². The summed E-state index contributed by atoms with van der Waals surface area (Å²) in [5, 5.41) is 5.52. The SMILES string of the molecule is CC1CC(C)(C)CC2(C1)NC(=O)N(CC(=O)Nc1nc3ccccc3[nH]1)C2=O. The molecule has 1 aliphatic heterocycles. The number of rotatable bonds is 3. The Morgan fingerprint density at radius 1 is 1.29 bits per heavy atom. The average Bonchev–Trinajstić information content (AvgIpc) is 3.07. The van der Waals surface area contributed by atoms with Crippen molar-refractivity contribution in [2.24, 2.45) is 11.3 Å². The van der Waals surface area contributed by atoms with Gasteiger partial charge in [0.05, 0.1) is 11.0 Å². The lowest BCUT2D eigenvalue weighted by molar-refractivity contribution is -0.136. The summed E-state index contributed by atoms with van der Waals surface area (Å²) < 4.78 is 0. The van der Waals surface area contributed by atoms with Crippen LogP contribution in [-0.4, -0.2) is 44.8 Å². The molecule has 2 heterocycles. The number of nitrogens with one attached hydrogen (secondary N) is 3. The van der Waals surface area contributed by atoms with E-state index in [9.17, 15) is 14.4 Å². The zero-order valence-electron chi connectivity index (χ0n) is 16.3. The van der Waals surface area contributed by atoms with Crippen LogP contribution in [0.2, 0.25) is 0 Å². The second-order valence-corrected chi connectivity index (χ2v) is 8.91. The number of carbonyl (C=O) groups is 3. The number of hydrogen-bond acceptors (Lipinski definition) is 4. The number of amides is 4. The summed E-state index contributed by atoms with van der Waals surface area (Å²) in [4.78, 5) is 46.3. The molecule has 28 heavy (non-hydrogen) atoms. The first kappa shape index (κ1) is 18.5. The van der Waals surface area contributed by atoms with Crippen molar-refractivity contribution < 1.29 is 14.4 Å². The predicted molar refractivity (Wildman–Crippen MR) is 104 cm³/mol. The monoisotopic (exact) mass is 383 g/mol. The molecule has 0 radical (unpaired) electrons. The molecule has 1 spiro atoms. The second-order valence-electron chi connectivity index (χ2n) is 8.91. The van der Waals surface area contributed by atoms with Crippen molar-refractivity contribution >= 4 is 34.8 Å². The summed E-state index contributed by atoms with van der Waals surface area (Å²) in [6.07, 6.45) is 2.18. The predicted octanol–water partition coefficient (Wildman–Crippen LogP) is 2.64. The van der Waals surface area contributed by atoms with Crippen LogP contribution >= 0.6 is 0 Å². The fraction of sp³-hybridized carbons (Fsp3) is 0.500. The molecule has 2 aromatic rings. The number of hydrogen-bond donors (Lipinski definition) is 3. The lowest BCUT2D eigenvalue weighted by Gasteiger charge is -2.43. The van der Waals surface area contributed by atoms with E-state index in [4.69, 9.17) is 0 Å². The molecule has 2 fully saturated rings. The zero-order valence-corrected chi connectivity index (χ0v) is 16.3. The number of aromatic nitrogens is 2. The van der Waals surface area contributed by atoms with Crippen LogP contribution in [0.15, 0.2) is 24.3 Å². The molecular weight excluding hydrogens is 358 g/mol. The normalized spacial score (nSPS) is 26.7. The molecule has 148 valence electrons. The minimum absolute atomic E-state index is 0.0485. The molecular formula is C20H25N5O3. The molecule has 1 aliphatic carbocycles. The van der Waals surface area contributed by atoms with Crippen LogP contribution in [0.4, 0.5) is 10.7 Å². The van der Waals surface area contributed by atoms with Gasteiger partial charge in [0, 0.05) is 0 Å². The van der Waals surface area contributed by atoms with Crippen LogP contribution in [0.3, 0.4) is 0 Å². The quantitative estimate of drug-likeness (QED) is 0.708. The molecule has 2 atom stereocenters. The van der Waals surface area contributed by atoms with Gasteiger partial charge in [-0.3, -0.25) is 19.8 Å². The zero-order chi connectivity index (χ0) is 20.1. The van der Waals surface area contributed by atoms with Gasteiger partial charge in [-0.05, 0) is 42.7 Å². The third-order valence-electron chi connectivity index (χ3n) is 5.57. The van der Waals surface area contributed by atoms with E-state index >= 15 is 0 Å². The maximum atomic E-state index is 13.1. The Kier molecular flexibility index (Phi) is 4.17. The van der Waals surface area contributed by atoms with Gasteiger partial charge in [-0.15, -0.1) is 0 Å². The maximum Gasteiger partial charge on any atom is 0.325 e. The van der Waals surface area contributed by atoms with Gasteiger partial charge in [0.2, 0.25) is 11.9 Å². The van der Waals surface area contributed by atoms with Crippen molar-refractivity contribution in [3.8, 4) is 0 Å². The van der Waals surface area contributed by atoms with Crippen LogP contribution in [0.1, 0.15) is 40.0 Å². The molecule has 8 heteroatoms. The highest BCUT2D eigenvalue weighted by molar-refractivity contribution is 6.10. The topological polar surface area (TPSA) is 107 Å². The molecule has 2 aliphatic rings. The van der Waals surface area contributed by atoms with E-state index in [2.05, 4.69) is 41.4 Å². The Hall–Kier alpha value is -2.90. The molecule has 4 rings (SSSR count). The Balaban J connectivity index is 1.47. The number of urea groups is 1. The number of anilines is 1. The number of imide groups is 1. The van der Waals surface area contributed by atoms with E-state index in [-0.39, 0.29) is 17.9 Å². The van der Waals surface area contributed by atoms with Crippen molar-refractivity contribution in [3.05, 3.63) is 24.3 Å². The van der Waals surface area contributed by atoms with Gasteiger partial charge in [0.25, 0.3) is 5.91 Å². The molecule has 3 N–H and O–H groups in total. The lowest BCUT2D eigenvalue weighted by Crippen LogP contribution is -2.54. The number of para-hydroxylation sites is 2. The summed E-state index contributed by atoms with van der Waals surface area (Å²) >= 11 is 0. The average molecular weight is 383 g/mol. The number of aromatic amines is 1. The molecule has 1 aromatic heterocycles. The van der Waals surface area contributed by atoms with Crippen LogP contribution in [-0.2, 0) is 9.59 Å². The third-order valence-corrected chi connectivity index (χ3v) is 5.57. The van der Waals surface area contributed by atoms with Crippen LogP contribution in [0.25, 0.3) is 11.0 Å². The molecule has 4 amide bonds. The highest BCUT2D eigenvalue weighted by Gasteiger charge is 2.56. The molecule has 8 nitrogen and oxygen atoms in total. The highest BCUT2D eigenvalue weighted by atomic mass is 16.2. The van der Waals surface area contributed by atoms with E-state index in [1.807, 2.05) is 24.3 Å². The van der Waals surface area contributed by atoms with Crippen LogP contribution < -0.4 is 10.6 Å². The largest absolute Gasteiger partial charge is 0.325 e. The Bertz CT molecular complexity index is 933. The standard InChI is InChI=1S/C20H25N5O3/c1-12-8-19(2,3)11-20(9-12)16(27)25(18(28)24-20)10-15(26)23-17-21-13-6-4-5-7-14(13)22-17/h4-7,12H,8-11H2,1-3H3,(H,24,28)(H2,21,22,23,26). The van der Waals surface area contributed by atoms with Gasteiger partial charge in [0.15, 0.2) is 0 Å². The summed E-state index contributed by atoms with van der Waals surface area (Å²) in [7, 11) is 0. The van der Waals surface area contributed by atoms with E-state index < -0.39 is 17.5 Å². The smallest absolute Gasteiger partial charge is 0.324 e. The Morgan fingerprint density at radius 2 is 2.04 bits per heavy atom. The van der Waals surface area contributed by atoms with E-state index in [0.717, 1.165) is 22.4 Å². The lowest BCUT2D eigenvalue weighted by atomic mass is 9.64. The minimum atomic E-state index is -0.905. The van der Waals surface area contributed by atoms with E-state index in [0.29, 0.717) is 24.7 Å². The summed E-state index contributed by atoms with van der Waals surface area (Å²) in [5.41, 5.74) is 0.570. The number of nitrogens with zero attached hydrogens (tertiary/aromatic N) is 2. The summed E-state index contributed by atoms with van der Waals surface area (Å²) in [6, 6.07) is 6.90. The first-order valence-corrected chi connectivity index (χ1v) is 9.56. The first-order chi connectivity index (χ1) is 13.2. The fourth-order valence-electron chi connectivity index (χ4n) is 4.98. The number of carbonyl (C=O) groups excluding carboxylic acids is 3. The molecule has 1 saturated heterocycles. The van der Waals surface area contributed by atoms with Crippen molar-refractivity contribution in [1.29, 1.82) is 0 Å². The van der Waals surface area contributed by atoms with E-state index in [1.165, 1.54) is 0 Å². The van der Waals surface area contributed by atoms with Crippen molar-refractivity contribution in [3.63, 3.8) is 0 Å². The summed E-state index contributed by atoms with van der Waals surface area (Å²) in [6.45, 7) is 5.99. The fourth-order valence-corrected chi connectivity index (χ4v) is 4.98. The third kappa shape index (κ3) is 3.23. The van der Waals surface area contributed by atoms with Gasteiger partial charge in [-0.2, -0.15) is 0 Å². The van der Waals surface area contributed by atoms with Crippen LogP contribution in [0.5, 0.6) is 0 Å². The molecule has 2 unspecified atom stereocenters. The van der Waals surface area contributed by atoms with Crippen molar-refractivity contribution in [2.45, 2.75) is 45.6 Å². The maximum absolute atomic E-state index is 13.1. The van der Waals surface area contributed by atoms with Crippen molar-refractivity contribution in [1.82, 2.24) is 20.2 Å². The highest BCUT2D eigenvalue weighted by Crippen LogP contribution is 2.46. The minimum Gasteiger partial charge on any atom is -0.324 e. The van der Waals surface area contributed by atoms with Crippen molar-refractivity contribution in [2.75, 3.05) is 11.9 Å². The second kappa shape index (κ2) is 6.32. The molecule has 1 aromatic carbocycles. The number of H-pyrrole nitrogens is 1. The summed E-state index contributed by atoms with van der Waals surface area (Å²) in [5.74, 6) is -0.169. The van der Waals surface area contributed by atoms with Gasteiger partial charge >= 0.3 is 6.03 Å². The Labute approximate surface area is 163 Å². The van der Waals surface area contributed by atoms with Gasteiger partial charge < -0.3 is 10.3 Å². The Morgan fingerprint density at radius 3 is 2.75 bits per heavy atom. The molecule has 0 bridgehead atoms. The first-order valence-electron chi connectivity index (χ1n) is 9.56. The molecule has 1 saturated carbocycles. The number of imidazole rings is 1.